The van der Waals surface area contributed by atoms with Crippen molar-refractivity contribution in [3.8, 4) is 17.1 Å². The van der Waals surface area contributed by atoms with E-state index >= 15 is 0 Å². The maximum atomic E-state index is 11.2. The van der Waals surface area contributed by atoms with Gasteiger partial charge in [-0.15, -0.1) is 0 Å². The summed E-state index contributed by atoms with van der Waals surface area (Å²) in [7, 11) is 0. The second-order valence-electron chi connectivity index (χ2n) is 5.23. The van der Waals surface area contributed by atoms with Crippen LogP contribution < -0.4 is 0 Å². The van der Waals surface area contributed by atoms with Crippen LogP contribution in [0, 0.1) is 6.92 Å². The molecule has 0 spiro atoms. The first-order valence-corrected chi connectivity index (χ1v) is 7.17. The Morgan fingerprint density at radius 1 is 1.17 bits per heavy atom. The first-order valence-electron chi connectivity index (χ1n) is 7.17. The molecule has 6 heteroatoms. The van der Waals surface area contributed by atoms with E-state index in [1.165, 1.54) is 0 Å². The highest BCUT2D eigenvalue weighted by molar-refractivity contribution is 5.76. The molecule has 4 rings (SSSR count). The number of imidazole rings is 1. The van der Waals surface area contributed by atoms with Crippen LogP contribution in [-0.4, -0.2) is 30.4 Å². The summed E-state index contributed by atoms with van der Waals surface area (Å²) in [5, 5.41) is 4.35. The van der Waals surface area contributed by atoms with Crippen LogP contribution in [0.4, 0.5) is 0 Å². The normalized spacial score (nSPS) is 11.0. The minimum absolute atomic E-state index is 0.369. The van der Waals surface area contributed by atoms with E-state index in [2.05, 4.69) is 15.1 Å². The first-order chi connectivity index (χ1) is 11.2. The van der Waals surface area contributed by atoms with E-state index in [1.807, 2.05) is 54.0 Å². The fraction of sp³-hybridized carbons (Fsp3) is 0.0588. The Labute approximate surface area is 132 Å². The molecule has 4 heterocycles. The Balaban J connectivity index is 1.93. The van der Waals surface area contributed by atoms with Crippen LogP contribution in [0.25, 0.3) is 22.7 Å². The lowest BCUT2D eigenvalue weighted by Crippen LogP contribution is -2.03. The van der Waals surface area contributed by atoms with Gasteiger partial charge in [0.05, 0.1) is 5.69 Å². The SMILES string of the molecule is Cc1cccc(-n2nc(C=O)cc2-c2ccc3nccn3c2)n1. The highest BCUT2D eigenvalue weighted by atomic mass is 16.1. The van der Waals surface area contributed by atoms with Gasteiger partial charge in [0.1, 0.15) is 11.3 Å². The molecular weight excluding hydrogens is 290 g/mol. The van der Waals surface area contributed by atoms with Gasteiger partial charge >= 0.3 is 0 Å². The summed E-state index contributed by atoms with van der Waals surface area (Å²) in [4.78, 5) is 19.9. The smallest absolute Gasteiger partial charge is 0.170 e. The van der Waals surface area contributed by atoms with E-state index < -0.39 is 0 Å². The molecule has 0 saturated carbocycles. The van der Waals surface area contributed by atoms with Crippen molar-refractivity contribution in [3.05, 3.63) is 66.4 Å². The Hall–Kier alpha value is -3.28. The number of fused-ring (bicyclic) bond motifs is 1. The van der Waals surface area contributed by atoms with Crippen molar-refractivity contribution in [2.75, 3.05) is 0 Å². The van der Waals surface area contributed by atoms with Gasteiger partial charge < -0.3 is 4.40 Å². The lowest BCUT2D eigenvalue weighted by molar-refractivity contribution is 0.111. The summed E-state index contributed by atoms with van der Waals surface area (Å²) in [6.07, 6.45) is 6.33. The average molecular weight is 303 g/mol. The number of rotatable bonds is 3. The highest BCUT2D eigenvalue weighted by Crippen LogP contribution is 2.23. The van der Waals surface area contributed by atoms with Crippen LogP contribution in [0.15, 0.2) is 55.0 Å². The topological polar surface area (TPSA) is 65.1 Å². The molecule has 4 aromatic heterocycles. The molecule has 0 aliphatic carbocycles. The zero-order valence-electron chi connectivity index (χ0n) is 12.4. The van der Waals surface area contributed by atoms with E-state index in [0.29, 0.717) is 11.5 Å². The minimum atomic E-state index is 0.369. The number of nitrogens with zero attached hydrogens (tertiary/aromatic N) is 5. The van der Waals surface area contributed by atoms with Gasteiger partial charge in [0.2, 0.25) is 0 Å². The first kappa shape index (κ1) is 13.4. The molecular formula is C17H13N5O. The van der Waals surface area contributed by atoms with E-state index in [1.54, 1.807) is 16.9 Å². The zero-order valence-corrected chi connectivity index (χ0v) is 12.4. The van der Waals surface area contributed by atoms with Gasteiger partial charge in [0.15, 0.2) is 12.1 Å². The van der Waals surface area contributed by atoms with Crippen molar-refractivity contribution < 1.29 is 4.79 Å². The summed E-state index contributed by atoms with van der Waals surface area (Å²) in [5.41, 5.74) is 3.86. The average Bonchev–Trinajstić information content (AvgIpc) is 3.20. The molecule has 23 heavy (non-hydrogen) atoms. The molecule has 0 amide bonds. The van der Waals surface area contributed by atoms with Gasteiger partial charge in [-0.25, -0.2) is 14.6 Å². The Bertz CT molecular complexity index is 1010. The van der Waals surface area contributed by atoms with Gasteiger partial charge in [-0.2, -0.15) is 5.10 Å². The highest BCUT2D eigenvalue weighted by Gasteiger charge is 2.13. The second kappa shape index (κ2) is 5.17. The van der Waals surface area contributed by atoms with Crippen molar-refractivity contribution in [1.29, 1.82) is 0 Å². The van der Waals surface area contributed by atoms with Gasteiger partial charge in [0, 0.05) is 29.8 Å². The van der Waals surface area contributed by atoms with E-state index in [9.17, 15) is 4.79 Å². The standard InChI is InChI=1S/C17H13N5O/c1-12-3-2-4-17(19-12)22-15(9-14(11-23)20-22)13-5-6-16-18-7-8-21(16)10-13/h2-11H,1H3. The lowest BCUT2D eigenvalue weighted by Gasteiger charge is -2.08. The number of pyridine rings is 2. The lowest BCUT2D eigenvalue weighted by atomic mass is 10.2. The molecule has 0 unspecified atom stereocenters. The maximum Gasteiger partial charge on any atom is 0.170 e. The predicted molar refractivity (Wildman–Crippen MR) is 85.7 cm³/mol. The summed E-state index contributed by atoms with van der Waals surface area (Å²) in [5.74, 6) is 0.679. The third-order valence-corrected chi connectivity index (χ3v) is 3.62. The van der Waals surface area contributed by atoms with Crippen molar-refractivity contribution >= 4 is 11.9 Å². The van der Waals surface area contributed by atoms with Crippen molar-refractivity contribution in [2.45, 2.75) is 6.92 Å². The molecule has 112 valence electrons. The van der Waals surface area contributed by atoms with E-state index in [0.717, 1.165) is 28.9 Å². The molecule has 0 saturated heterocycles. The number of hydrogen-bond acceptors (Lipinski definition) is 4. The fourth-order valence-electron chi connectivity index (χ4n) is 2.56. The van der Waals surface area contributed by atoms with Crippen LogP contribution >= 0.6 is 0 Å². The van der Waals surface area contributed by atoms with Crippen LogP contribution in [0.1, 0.15) is 16.2 Å². The second-order valence-corrected chi connectivity index (χ2v) is 5.23. The molecule has 0 radical (unpaired) electrons. The largest absolute Gasteiger partial charge is 0.306 e. The van der Waals surface area contributed by atoms with E-state index in [-0.39, 0.29) is 0 Å². The quantitative estimate of drug-likeness (QED) is 0.546. The van der Waals surface area contributed by atoms with Crippen molar-refractivity contribution in [3.63, 3.8) is 0 Å². The summed E-state index contributed by atoms with van der Waals surface area (Å²) in [6.45, 7) is 1.92. The molecule has 0 bridgehead atoms. The summed E-state index contributed by atoms with van der Waals surface area (Å²) >= 11 is 0. The number of aromatic nitrogens is 5. The predicted octanol–water partition coefficient (Wildman–Crippen LogP) is 2.70. The monoisotopic (exact) mass is 303 g/mol. The number of aldehydes is 1. The van der Waals surface area contributed by atoms with Crippen molar-refractivity contribution in [2.24, 2.45) is 0 Å². The molecule has 0 aliphatic rings. The van der Waals surface area contributed by atoms with Crippen LogP contribution in [0.2, 0.25) is 0 Å². The number of carbonyl (C=O) groups is 1. The van der Waals surface area contributed by atoms with Gasteiger partial charge in [0.25, 0.3) is 0 Å². The van der Waals surface area contributed by atoms with Gasteiger partial charge in [-0.05, 0) is 37.3 Å². The molecule has 6 nitrogen and oxygen atoms in total. The fourth-order valence-corrected chi connectivity index (χ4v) is 2.56. The van der Waals surface area contributed by atoms with Gasteiger partial charge in [-0.1, -0.05) is 6.07 Å². The van der Waals surface area contributed by atoms with Crippen LogP contribution in [0.3, 0.4) is 0 Å². The Kier molecular flexibility index (Phi) is 3.01. The minimum Gasteiger partial charge on any atom is -0.306 e. The van der Waals surface area contributed by atoms with Crippen LogP contribution in [-0.2, 0) is 0 Å². The maximum absolute atomic E-state index is 11.2. The third kappa shape index (κ3) is 2.30. The summed E-state index contributed by atoms with van der Waals surface area (Å²) in [6, 6.07) is 11.4. The zero-order chi connectivity index (χ0) is 15.8. The molecule has 0 aliphatic heterocycles. The number of hydrogen-bond donors (Lipinski definition) is 0. The Morgan fingerprint density at radius 3 is 2.91 bits per heavy atom. The van der Waals surface area contributed by atoms with Crippen molar-refractivity contribution in [1.82, 2.24) is 24.1 Å². The molecule has 0 atom stereocenters. The number of carbonyl (C=O) groups excluding carboxylic acids is 1. The summed E-state index contributed by atoms with van der Waals surface area (Å²) < 4.78 is 3.62. The van der Waals surface area contributed by atoms with Crippen LogP contribution in [0.5, 0.6) is 0 Å². The molecule has 4 aromatic rings. The third-order valence-electron chi connectivity index (χ3n) is 3.62. The van der Waals surface area contributed by atoms with Gasteiger partial charge in [-0.3, -0.25) is 4.79 Å². The Morgan fingerprint density at radius 2 is 2.09 bits per heavy atom. The molecule has 0 N–H and O–H groups in total. The molecule has 0 fully saturated rings. The van der Waals surface area contributed by atoms with E-state index in [4.69, 9.17) is 0 Å². The molecule has 0 aromatic carbocycles. The number of aryl methyl sites for hydroxylation is 1.